The molecule has 1 aromatic heterocycles. The number of rotatable bonds is 3. The Morgan fingerprint density at radius 3 is 2.59 bits per heavy atom. The zero-order valence-corrected chi connectivity index (χ0v) is 9.25. The second kappa shape index (κ2) is 5.07. The number of aromatic nitrogens is 2. The highest BCUT2D eigenvalue weighted by atomic mass is 16.5. The number of nitrogens with one attached hydrogen (secondary N) is 1. The fraction of sp³-hybridized carbons (Fsp3) is 0.0833. The van der Waals surface area contributed by atoms with Gasteiger partial charge < -0.3 is 10.1 Å². The van der Waals surface area contributed by atoms with Gasteiger partial charge >= 0.3 is 5.97 Å². The molecule has 5 nitrogen and oxygen atoms in total. The first-order valence-electron chi connectivity index (χ1n) is 5.07. The summed E-state index contributed by atoms with van der Waals surface area (Å²) >= 11 is 0. The third-order valence-electron chi connectivity index (χ3n) is 1.95. The van der Waals surface area contributed by atoms with Crippen LogP contribution >= 0.6 is 0 Å². The van der Waals surface area contributed by atoms with Crippen LogP contribution in [0.15, 0.2) is 42.7 Å². The van der Waals surface area contributed by atoms with Crippen LogP contribution in [-0.2, 0) is 4.79 Å². The van der Waals surface area contributed by atoms with E-state index in [0.29, 0.717) is 17.4 Å². The smallest absolute Gasteiger partial charge is 0.308 e. The third-order valence-corrected chi connectivity index (χ3v) is 1.95. The quantitative estimate of drug-likeness (QED) is 0.645. The van der Waals surface area contributed by atoms with E-state index in [9.17, 15) is 4.79 Å². The van der Waals surface area contributed by atoms with Crippen LogP contribution in [0.3, 0.4) is 0 Å². The largest absolute Gasteiger partial charge is 0.424 e. The number of hydrogen-bond donors (Lipinski definition) is 1. The summed E-state index contributed by atoms with van der Waals surface area (Å²) in [7, 11) is 0. The Kier molecular flexibility index (Phi) is 3.30. The Labute approximate surface area is 98.5 Å². The topological polar surface area (TPSA) is 64.1 Å². The zero-order chi connectivity index (χ0) is 12.1. The minimum absolute atomic E-state index is 0.367. The van der Waals surface area contributed by atoms with Gasteiger partial charge in [0, 0.05) is 19.3 Å². The number of carbonyl (C=O) groups is 1. The number of anilines is 2. The van der Waals surface area contributed by atoms with Crippen molar-refractivity contribution in [1.82, 2.24) is 9.97 Å². The average Bonchev–Trinajstić information content (AvgIpc) is 2.32. The molecular weight excluding hydrogens is 218 g/mol. The van der Waals surface area contributed by atoms with Crippen LogP contribution in [0, 0.1) is 0 Å². The molecule has 0 atom stereocenters. The van der Waals surface area contributed by atoms with E-state index in [1.807, 2.05) is 6.07 Å². The number of nitrogens with zero attached hydrogens (tertiary/aromatic N) is 2. The molecule has 5 heteroatoms. The van der Waals surface area contributed by atoms with Gasteiger partial charge in [-0.15, -0.1) is 0 Å². The maximum atomic E-state index is 10.9. The monoisotopic (exact) mass is 229 g/mol. The first kappa shape index (κ1) is 11.1. The normalized spacial score (nSPS) is 9.71. The van der Waals surface area contributed by atoms with E-state index in [-0.39, 0.29) is 5.97 Å². The Balaban J connectivity index is 2.23. The van der Waals surface area contributed by atoms with Crippen LogP contribution in [0.2, 0.25) is 0 Å². The number of benzene rings is 1. The van der Waals surface area contributed by atoms with Crippen molar-refractivity contribution in [3.05, 3.63) is 42.7 Å². The van der Waals surface area contributed by atoms with Gasteiger partial charge in [-0.1, -0.05) is 12.1 Å². The summed E-state index contributed by atoms with van der Waals surface area (Å²) < 4.78 is 5.06. The standard InChI is InChI=1S/C12H11N3O2/c1-9(16)17-11-6-3-2-5-10(11)15-12-13-7-4-8-14-12/h2-8H,1H3,(H,13,14,15). The fourth-order valence-electron chi connectivity index (χ4n) is 1.30. The van der Waals surface area contributed by atoms with Gasteiger partial charge in [0.1, 0.15) is 0 Å². The summed E-state index contributed by atoms with van der Waals surface area (Å²) in [6.07, 6.45) is 3.26. The first-order chi connectivity index (χ1) is 8.25. The van der Waals surface area contributed by atoms with E-state index in [2.05, 4.69) is 15.3 Å². The van der Waals surface area contributed by atoms with Crippen LogP contribution in [-0.4, -0.2) is 15.9 Å². The van der Waals surface area contributed by atoms with Crippen LogP contribution in [0.1, 0.15) is 6.92 Å². The minimum atomic E-state index is -0.367. The van der Waals surface area contributed by atoms with Crippen molar-refractivity contribution in [3.8, 4) is 5.75 Å². The highest BCUT2D eigenvalue weighted by Crippen LogP contribution is 2.25. The molecule has 1 N–H and O–H groups in total. The molecule has 0 bridgehead atoms. The van der Waals surface area contributed by atoms with Crippen LogP contribution in [0.25, 0.3) is 0 Å². The fourth-order valence-corrected chi connectivity index (χ4v) is 1.30. The predicted octanol–water partition coefficient (Wildman–Crippen LogP) is 2.15. The Hall–Kier alpha value is -2.43. The van der Waals surface area contributed by atoms with E-state index in [0.717, 1.165) is 0 Å². The summed E-state index contributed by atoms with van der Waals surface area (Å²) in [5.74, 6) is 0.535. The van der Waals surface area contributed by atoms with Gasteiger partial charge in [0.05, 0.1) is 5.69 Å². The Bertz CT molecular complexity index is 514. The van der Waals surface area contributed by atoms with E-state index < -0.39 is 0 Å². The van der Waals surface area contributed by atoms with Crippen LogP contribution in [0.5, 0.6) is 5.75 Å². The molecule has 0 amide bonds. The summed E-state index contributed by atoms with van der Waals surface area (Å²) in [5, 5.41) is 2.98. The van der Waals surface area contributed by atoms with Gasteiger partial charge in [-0.05, 0) is 18.2 Å². The molecule has 0 fully saturated rings. The number of esters is 1. The van der Waals surface area contributed by atoms with Crippen molar-refractivity contribution in [1.29, 1.82) is 0 Å². The van der Waals surface area contributed by atoms with Crippen LogP contribution in [0.4, 0.5) is 11.6 Å². The molecular formula is C12H11N3O2. The molecule has 0 saturated carbocycles. The lowest BCUT2D eigenvalue weighted by atomic mass is 10.3. The lowest BCUT2D eigenvalue weighted by Gasteiger charge is -2.09. The van der Waals surface area contributed by atoms with Crippen molar-refractivity contribution >= 4 is 17.6 Å². The van der Waals surface area contributed by atoms with Gasteiger partial charge in [0.15, 0.2) is 5.75 Å². The third kappa shape index (κ3) is 3.01. The molecule has 0 unspecified atom stereocenters. The molecule has 86 valence electrons. The number of carbonyl (C=O) groups excluding carboxylic acids is 1. The summed E-state index contributed by atoms with van der Waals surface area (Å²) in [5.41, 5.74) is 0.647. The van der Waals surface area contributed by atoms with Crippen molar-refractivity contribution in [2.24, 2.45) is 0 Å². The molecule has 2 aromatic rings. The minimum Gasteiger partial charge on any atom is -0.424 e. The molecule has 1 aromatic carbocycles. The first-order valence-corrected chi connectivity index (χ1v) is 5.07. The van der Waals surface area contributed by atoms with Gasteiger partial charge in [0.25, 0.3) is 0 Å². The lowest BCUT2D eigenvalue weighted by molar-refractivity contribution is -0.131. The number of hydrogen-bond acceptors (Lipinski definition) is 5. The molecule has 17 heavy (non-hydrogen) atoms. The molecule has 2 rings (SSSR count). The van der Waals surface area contributed by atoms with Crippen molar-refractivity contribution in [2.45, 2.75) is 6.92 Å². The zero-order valence-electron chi connectivity index (χ0n) is 9.25. The van der Waals surface area contributed by atoms with E-state index in [4.69, 9.17) is 4.74 Å². The van der Waals surface area contributed by atoms with Gasteiger partial charge in [-0.3, -0.25) is 4.79 Å². The maximum absolute atomic E-state index is 10.9. The van der Waals surface area contributed by atoms with Gasteiger partial charge in [-0.25, -0.2) is 9.97 Å². The second-order valence-corrected chi connectivity index (χ2v) is 3.29. The summed E-state index contributed by atoms with van der Waals surface area (Å²) in [4.78, 5) is 19.0. The van der Waals surface area contributed by atoms with E-state index in [1.54, 1.807) is 36.7 Å². The molecule has 0 radical (unpaired) electrons. The predicted molar refractivity (Wildman–Crippen MR) is 63.1 cm³/mol. The maximum Gasteiger partial charge on any atom is 0.308 e. The summed E-state index contributed by atoms with van der Waals surface area (Å²) in [6.45, 7) is 1.36. The van der Waals surface area contributed by atoms with Crippen molar-refractivity contribution in [2.75, 3.05) is 5.32 Å². The molecule has 0 aliphatic rings. The second-order valence-electron chi connectivity index (χ2n) is 3.29. The number of ether oxygens (including phenoxy) is 1. The summed E-state index contributed by atoms with van der Waals surface area (Å²) in [6, 6.07) is 8.83. The SMILES string of the molecule is CC(=O)Oc1ccccc1Nc1ncccn1. The van der Waals surface area contributed by atoms with Crippen LogP contribution < -0.4 is 10.1 Å². The Morgan fingerprint density at radius 1 is 1.18 bits per heavy atom. The molecule has 0 aliphatic carbocycles. The van der Waals surface area contributed by atoms with Crippen molar-refractivity contribution < 1.29 is 9.53 Å². The molecule has 0 saturated heterocycles. The van der Waals surface area contributed by atoms with Gasteiger partial charge in [0.2, 0.25) is 5.95 Å². The highest BCUT2D eigenvalue weighted by Gasteiger charge is 2.06. The average molecular weight is 229 g/mol. The van der Waals surface area contributed by atoms with E-state index in [1.165, 1.54) is 6.92 Å². The lowest BCUT2D eigenvalue weighted by Crippen LogP contribution is -2.04. The molecule has 1 heterocycles. The highest BCUT2D eigenvalue weighted by molar-refractivity contribution is 5.73. The van der Waals surface area contributed by atoms with Crippen molar-refractivity contribution in [3.63, 3.8) is 0 Å². The Morgan fingerprint density at radius 2 is 1.88 bits per heavy atom. The van der Waals surface area contributed by atoms with E-state index >= 15 is 0 Å². The molecule has 0 aliphatic heterocycles. The number of para-hydroxylation sites is 2. The van der Waals surface area contributed by atoms with Gasteiger partial charge in [-0.2, -0.15) is 0 Å². The molecule has 0 spiro atoms.